The fourth-order valence-corrected chi connectivity index (χ4v) is 3.61. The highest BCUT2D eigenvalue weighted by Crippen LogP contribution is 2.35. The van der Waals surface area contributed by atoms with Crippen LogP contribution in [0.5, 0.6) is 11.5 Å². The zero-order valence-electron chi connectivity index (χ0n) is 18.3. The Hall–Kier alpha value is -4.22. The summed E-state index contributed by atoms with van der Waals surface area (Å²) in [7, 11) is 1.60. The van der Waals surface area contributed by atoms with Crippen molar-refractivity contribution in [3.05, 3.63) is 98.1 Å². The number of hydrazine groups is 1. The lowest BCUT2D eigenvalue weighted by atomic mass is 10.1. The molecule has 0 saturated heterocycles. The minimum absolute atomic E-state index is 0.00866. The Morgan fingerprint density at radius 2 is 1.62 bits per heavy atom. The van der Waals surface area contributed by atoms with Gasteiger partial charge in [0.2, 0.25) is 0 Å². The van der Waals surface area contributed by atoms with Gasteiger partial charge in [0.1, 0.15) is 24.7 Å². The Morgan fingerprint density at radius 3 is 2.32 bits per heavy atom. The van der Waals surface area contributed by atoms with E-state index in [1.165, 1.54) is 36.4 Å². The topological polar surface area (TPSA) is 120 Å². The van der Waals surface area contributed by atoms with Crippen LogP contribution in [0.1, 0.15) is 11.1 Å². The average molecular weight is 466 g/mol. The quantitative estimate of drug-likeness (QED) is 0.245. The number of nitro groups is 2. The summed E-state index contributed by atoms with van der Waals surface area (Å²) in [6.45, 7) is 1.26. The molecule has 0 saturated carbocycles. The van der Waals surface area contributed by atoms with Crippen LogP contribution in [0.4, 0.5) is 17.1 Å². The number of hydrogen-bond acceptors (Lipinski definition) is 9. The molecule has 11 heteroatoms. The number of hydrogen-bond donors (Lipinski definition) is 0. The summed E-state index contributed by atoms with van der Waals surface area (Å²) >= 11 is 0. The van der Waals surface area contributed by atoms with Crippen LogP contribution in [0.2, 0.25) is 0 Å². The van der Waals surface area contributed by atoms with Crippen molar-refractivity contribution in [3.63, 3.8) is 0 Å². The number of hydroxylamine groups is 1. The Morgan fingerprint density at radius 1 is 0.882 bits per heavy atom. The number of rotatable bonds is 10. The van der Waals surface area contributed by atoms with E-state index in [0.29, 0.717) is 18.8 Å². The van der Waals surface area contributed by atoms with Crippen LogP contribution in [0.15, 0.2) is 66.7 Å². The first-order valence-electron chi connectivity index (χ1n) is 10.4. The van der Waals surface area contributed by atoms with Gasteiger partial charge >= 0.3 is 0 Å². The Kier molecular flexibility index (Phi) is 6.85. The van der Waals surface area contributed by atoms with E-state index in [-0.39, 0.29) is 24.6 Å². The third kappa shape index (κ3) is 5.22. The summed E-state index contributed by atoms with van der Waals surface area (Å²) in [6, 6.07) is 18.0. The summed E-state index contributed by atoms with van der Waals surface area (Å²) in [6.07, 6.45) is 0. The number of nitrogens with zero attached hydrogens (tertiary/aromatic N) is 4. The highest BCUT2D eigenvalue weighted by Gasteiger charge is 2.29. The number of methoxy groups -OCH3 is 1. The lowest BCUT2D eigenvalue weighted by Gasteiger charge is -2.29. The number of ether oxygens (including phenoxy) is 2. The van der Waals surface area contributed by atoms with Gasteiger partial charge in [0.15, 0.2) is 0 Å². The van der Waals surface area contributed by atoms with Crippen molar-refractivity contribution in [3.8, 4) is 11.5 Å². The molecule has 1 aliphatic rings. The second-order valence-electron chi connectivity index (χ2n) is 7.42. The Balaban J connectivity index is 1.43. The molecular formula is C23H22N4O7. The smallest absolute Gasteiger partial charge is 0.269 e. The molecule has 4 rings (SSSR count). The lowest BCUT2D eigenvalue weighted by molar-refractivity contribution is -0.385. The van der Waals surface area contributed by atoms with Gasteiger partial charge in [-0.15, -0.1) is 0 Å². The fraction of sp³-hybridized carbons (Fsp3) is 0.217. The van der Waals surface area contributed by atoms with Gasteiger partial charge < -0.3 is 9.47 Å². The van der Waals surface area contributed by atoms with Crippen LogP contribution < -0.4 is 14.5 Å². The average Bonchev–Trinajstić information content (AvgIpc) is 3.18. The summed E-state index contributed by atoms with van der Waals surface area (Å²) < 4.78 is 10.9. The molecule has 0 spiro atoms. The maximum Gasteiger partial charge on any atom is 0.269 e. The monoisotopic (exact) mass is 466 g/mol. The van der Waals surface area contributed by atoms with Crippen LogP contribution in [0.3, 0.4) is 0 Å². The molecule has 0 aromatic heterocycles. The summed E-state index contributed by atoms with van der Waals surface area (Å²) in [5, 5.41) is 25.5. The van der Waals surface area contributed by atoms with E-state index in [4.69, 9.17) is 14.3 Å². The minimum Gasteiger partial charge on any atom is -0.497 e. The molecule has 0 N–H and O–H groups in total. The van der Waals surface area contributed by atoms with Gasteiger partial charge in [0.05, 0.1) is 35.7 Å². The zero-order chi connectivity index (χ0) is 24.1. The molecule has 1 aliphatic heterocycles. The van der Waals surface area contributed by atoms with E-state index >= 15 is 0 Å². The first-order valence-corrected chi connectivity index (χ1v) is 10.4. The molecule has 0 amide bonds. The van der Waals surface area contributed by atoms with Gasteiger partial charge in [-0.05, 0) is 41.5 Å². The molecule has 0 atom stereocenters. The Bertz CT molecular complexity index is 1190. The van der Waals surface area contributed by atoms with Crippen molar-refractivity contribution in [1.29, 1.82) is 0 Å². The van der Waals surface area contributed by atoms with Gasteiger partial charge in [-0.3, -0.25) is 30.1 Å². The summed E-state index contributed by atoms with van der Waals surface area (Å²) in [5.74, 6) is 1.22. The molecule has 3 aromatic rings. The lowest BCUT2D eigenvalue weighted by Crippen LogP contribution is -2.38. The zero-order valence-corrected chi connectivity index (χ0v) is 18.3. The highest BCUT2D eigenvalue weighted by molar-refractivity contribution is 5.58. The molecule has 0 fully saturated rings. The molecular weight excluding hydrogens is 444 g/mol. The molecule has 3 aromatic carbocycles. The molecule has 0 aliphatic carbocycles. The van der Waals surface area contributed by atoms with Crippen LogP contribution in [-0.2, 0) is 17.9 Å². The van der Waals surface area contributed by atoms with E-state index in [0.717, 1.165) is 22.6 Å². The predicted molar refractivity (Wildman–Crippen MR) is 122 cm³/mol. The summed E-state index contributed by atoms with van der Waals surface area (Å²) in [4.78, 5) is 27.0. The van der Waals surface area contributed by atoms with E-state index in [1.807, 2.05) is 29.3 Å². The molecule has 34 heavy (non-hydrogen) atoms. The third-order valence-electron chi connectivity index (χ3n) is 5.23. The van der Waals surface area contributed by atoms with Crippen molar-refractivity contribution < 1.29 is 24.2 Å². The van der Waals surface area contributed by atoms with Gasteiger partial charge in [-0.25, -0.2) is 0 Å². The largest absolute Gasteiger partial charge is 0.497 e. The van der Waals surface area contributed by atoms with E-state index < -0.39 is 9.85 Å². The second-order valence-corrected chi connectivity index (χ2v) is 7.42. The van der Waals surface area contributed by atoms with E-state index in [9.17, 15) is 20.2 Å². The van der Waals surface area contributed by atoms with Crippen LogP contribution >= 0.6 is 0 Å². The third-order valence-corrected chi connectivity index (χ3v) is 5.23. The standard InChI is InChI=1S/C23H22N4O7/c1-32-22-9-10-23-18(14-22)16-25(24(23)15-17-3-2-4-20(13-17)27(30)31)34-12-11-33-21-7-5-19(6-8-21)26(28)29/h2-10,13-14H,11-12,15-16H2,1H3. The van der Waals surface area contributed by atoms with Crippen molar-refractivity contribution >= 4 is 17.1 Å². The summed E-state index contributed by atoms with van der Waals surface area (Å²) in [5.41, 5.74) is 2.67. The van der Waals surface area contributed by atoms with Crippen molar-refractivity contribution in [1.82, 2.24) is 5.17 Å². The van der Waals surface area contributed by atoms with Crippen molar-refractivity contribution in [2.75, 3.05) is 25.3 Å². The van der Waals surface area contributed by atoms with Crippen LogP contribution in [0.25, 0.3) is 0 Å². The normalized spacial score (nSPS) is 12.9. The molecule has 11 nitrogen and oxygen atoms in total. The van der Waals surface area contributed by atoms with Gasteiger partial charge in [-0.1, -0.05) is 17.3 Å². The van der Waals surface area contributed by atoms with Gasteiger partial charge in [0.25, 0.3) is 11.4 Å². The van der Waals surface area contributed by atoms with Crippen LogP contribution in [-0.4, -0.2) is 35.3 Å². The number of fused-ring (bicyclic) bond motifs is 1. The molecule has 1 heterocycles. The minimum atomic E-state index is -0.469. The van der Waals surface area contributed by atoms with Gasteiger partial charge in [0, 0.05) is 24.3 Å². The fourth-order valence-electron chi connectivity index (χ4n) is 3.61. The number of nitro benzene ring substituents is 2. The predicted octanol–water partition coefficient (Wildman–Crippen LogP) is 4.26. The van der Waals surface area contributed by atoms with E-state index in [1.54, 1.807) is 18.3 Å². The molecule has 0 unspecified atom stereocenters. The first kappa shape index (κ1) is 23.0. The maximum absolute atomic E-state index is 11.2. The second kappa shape index (κ2) is 10.1. The SMILES string of the molecule is COc1ccc2c(c1)CN(OCCOc1ccc([N+](=O)[O-])cc1)N2Cc1cccc([N+](=O)[O-])c1. The molecule has 0 bridgehead atoms. The molecule has 176 valence electrons. The van der Waals surface area contributed by atoms with Crippen molar-refractivity contribution in [2.24, 2.45) is 0 Å². The highest BCUT2D eigenvalue weighted by atomic mass is 16.7. The number of non-ortho nitro benzene ring substituents is 2. The number of anilines is 1. The van der Waals surface area contributed by atoms with E-state index in [2.05, 4.69) is 0 Å². The first-order chi connectivity index (χ1) is 16.4. The molecule has 0 radical (unpaired) electrons. The van der Waals surface area contributed by atoms with Crippen LogP contribution in [0, 0.1) is 20.2 Å². The number of benzene rings is 3. The van der Waals surface area contributed by atoms with Crippen molar-refractivity contribution in [2.45, 2.75) is 13.1 Å². The van der Waals surface area contributed by atoms with Gasteiger partial charge in [-0.2, -0.15) is 0 Å². The maximum atomic E-state index is 11.2. The Labute approximate surface area is 194 Å².